The highest BCUT2D eigenvalue weighted by Crippen LogP contribution is 2.22. The Balaban J connectivity index is 1.65. The van der Waals surface area contributed by atoms with Crippen LogP contribution in [0.3, 0.4) is 0 Å². The van der Waals surface area contributed by atoms with E-state index >= 15 is 0 Å². The molecule has 0 bridgehead atoms. The first-order valence-corrected chi connectivity index (χ1v) is 8.13. The topological polar surface area (TPSA) is 89.5 Å². The van der Waals surface area contributed by atoms with Crippen LogP contribution in [-0.2, 0) is 4.79 Å². The summed E-state index contributed by atoms with van der Waals surface area (Å²) in [5.41, 5.74) is 2.18. The Labute approximate surface area is 141 Å². The third kappa shape index (κ3) is 3.38. The second-order valence-corrected chi connectivity index (χ2v) is 6.07. The maximum Gasteiger partial charge on any atom is 0.269 e. The van der Waals surface area contributed by atoms with Crippen molar-refractivity contribution in [2.45, 2.75) is 12.1 Å². The van der Waals surface area contributed by atoms with Crippen LogP contribution in [0.4, 0.5) is 11.4 Å². The Morgan fingerprint density at radius 1 is 1.38 bits per heavy atom. The summed E-state index contributed by atoms with van der Waals surface area (Å²) >= 11 is 1.33. The number of nitrogens with one attached hydrogen (secondary N) is 1. The molecule has 0 atom stereocenters. The van der Waals surface area contributed by atoms with Crippen LogP contribution < -0.4 is 5.32 Å². The van der Waals surface area contributed by atoms with Gasteiger partial charge in [-0.25, -0.2) is 4.98 Å². The lowest BCUT2D eigenvalue weighted by atomic mass is 10.2. The first-order chi connectivity index (χ1) is 11.5. The van der Waals surface area contributed by atoms with E-state index in [1.807, 2.05) is 28.8 Å². The number of fused-ring (bicyclic) bond motifs is 1. The van der Waals surface area contributed by atoms with E-state index in [2.05, 4.69) is 10.3 Å². The molecule has 0 radical (unpaired) electrons. The molecule has 0 saturated heterocycles. The van der Waals surface area contributed by atoms with Crippen LogP contribution in [0.15, 0.2) is 53.9 Å². The van der Waals surface area contributed by atoms with E-state index in [-0.39, 0.29) is 17.3 Å². The fourth-order valence-electron chi connectivity index (χ4n) is 2.24. The standard InChI is InChI=1S/C16H14N4O3S/c1-11-8-12(20(22)23)5-6-14(11)18-15(21)10-24-16-17-9-13-4-2-3-7-19(13)16/h2-9H,10H2,1H3,(H,18,21). The Morgan fingerprint density at radius 3 is 2.96 bits per heavy atom. The largest absolute Gasteiger partial charge is 0.325 e. The maximum atomic E-state index is 12.1. The number of amides is 1. The van der Waals surface area contributed by atoms with Gasteiger partial charge in [0.15, 0.2) is 5.16 Å². The van der Waals surface area contributed by atoms with Crippen LogP contribution in [0.1, 0.15) is 5.56 Å². The minimum Gasteiger partial charge on any atom is -0.325 e. The molecule has 7 nitrogen and oxygen atoms in total. The van der Waals surface area contributed by atoms with Crippen molar-refractivity contribution in [2.24, 2.45) is 0 Å². The predicted octanol–water partition coefficient (Wildman–Crippen LogP) is 3.28. The highest BCUT2D eigenvalue weighted by Gasteiger charge is 2.11. The van der Waals surface area contributed by atoms with Crippen molar-refractivity contribution in [3.8, 4) is 0 Å². The molecule has 3 aromatic rings. The van der Waals surface area contributed by atoms with Gasteiger partial charge in [-0.1, -0.05) is 17.8 Å². The first-order valence-electron chi connectivity index (χ1n) is 7.14. The summed E-state index contributed by atoms with van der Waals surface area (Å²) in [6.45, 7) is 1.72. The Kier molecular flexibility index (Phi) is 4.48. The average Bonchev–Trinajstić information content (AvgIpc) is 2.98. The Hall–Kier alpha value is -2.87. The molecular weight excluding hydrogens is 328 g/mol. The van der Waals surface area contributed by atoms with Gasteiger partial charge in [0.1, 0.15) is 0 Å². The maximum absolute atomic E-state index is 12.1. The van der Waals surface area contributed by atoms with Crippen molar-refractivity contribution in [3.05, 3.63) is 64.5 Å². The molecule has 0 aliphatic rings. The van der Waals surface area contributed by atoms with E-state index in [9.17, 15) is 14.9 Å². The number of imidazole rings is 1. The summed E-state index contributed by atoms with van der Waals surface area (Å²) in [5, 5.41) is 14.2. The average molecular weight is 342 g/mol. The molecule has 3 rings (SSSR count). The molecule has 0 fully saturated rings. The highest BCUT2D eigenvalue weighted by atomic mass is 32.2. The molecule has 0 saturated carbocycles. The van der Waals surface area contributed by atoms with E-state index in [4.69, 9.17) is 0 Å². The number of benzene rings is 1. The zero-order valence-electron chi connectivity index (χ0n) is 12.8. The number of nitro benzene ring substituents is 1. The number of aryl methyl sites for hydroxylation is 1. The van der Waals surface area contributed by atoms with E-state index in [1.54, 1.807) is 19.2 Å². The molecule has 0 spiro atoms. The minimum absolute atomic E-state index is 0.00345. The zero-order chi connectivity index (χ0) is 17.1. The van der Waals surface area contributed by atoms with Gasteiger partial charge in [-0.2, -0.15) is 0 Å². The second kappa shape index (κ2) is 6.71. The minimum atomic E-state index is -0.460. The lowest BCUT2D eigenvalue weighted by Gasteiger charge is -2.08. The van der Waals surface area contributed by atoms with Crippen LogP contribution in [0.5, 0.6) is 0 Å². The number of nitrogens with zero attached hydrogens (tertiary/aromatic N) is 3. The number of rotatable bonds is 5. The molecule has 2 heterocycles. The number of hydrogen-bond donors (Lipinski definition) is 1. The number of thioether (sulfide) groups is 1. The number of aromatic nitrogens is 2. The lowest BCUT2D eigenvalue weighted by Crippen LogP contribution is -2.15. The molecule has 2 aromatic heterocycles. The number of carbonyl (C=O) groups excluding carboxylic acids is 1. The summed E-state index contributed by atoms with van der Waals surface area (Å²) in [5.74, 6) is 0.00869. The van der Waals surface area contributed by atoms with Crippen LogP contribution in [0.2, 0.25) is 0 Å². The molecule has 1 aromatic carbocycles. The quantitative estimate of drug-likeness (QED) is 0.436. The van der Waals surface area contributed by atoms with Gasteiger partial charge in [0.25, 0.3) is 5.69 Å². The fraction of sp³-hybridized carbons (Fsp3) is 0.125. The predicted molar refractivity (Wildman–Crippen MR) is 92.4 cm³/mol. The number of nitro groups is 1. The number of anilines is 1. The monoisotopic (exact) mass is 342 g/mol. The van der Waals surface area contributed by atoms with Gasteiger partial charge in [-0.15, -0.1) is 0 Å². The van der Waals surface area contributed by atoms with Crippen LogP contribution >= 0.6 is 11.8 Å². The number of hydrogen-bond acceptors (Lipinski definition) is 5. The van der Waals surface area contributed by atoms with Crippen molar-refractivity contribution in [1.82, 2.24) is 9.38 Å². The molecule has 8 heteroatoms. The summed E-state index contributed by atoms with van der Waals surface area (Å²) in [6.07, 6.45) is 3.64. The van der Waals surface area contributed by atoms with Gasteiger partial charge in [-0.3, -0.25) is 19.3 Å². The summed E-state index contributed by atoms with van der Waals surface area (Å²) < 4.78 is 1.91. The number of pyridine rings is 1. The first kappa shape index (κ1) is 16.0. The van der Waals surface area contributed by atoms with Gasteiger partial charge in [0.2, 0.25) is 5.91 Å². The van der Waals surface area contributed by atoms with Crippen molar-refractivity contribution in [1.29, 1.82) is 0 Å². The molecule has 122 valence electrons. The molecular formula is C16H14N4O3S. The normalized spacial score (nSPS) is 10.7. The third-order valence-electron chi connectivity index (χ3n) is 3.43. The smallest absolute Gasteiger partial charge is 0.269 e. The summed E-state index contributed by atoms with van der Waals surface area (Å²) in [6, 6.07) is 10.1. The second-order valence-electron chi connectivity index (χ2n) is 5.13. The van der Waals surface area contributed by atoms with Crippen molar-refractivity contribution in [2.75, 3.05) is 11.1 Å². The summed E-state index contributed by atoms with van der Waals surface area (Å²) in [4.78, 5) is 26.7. The summed E-state index contributed by atoms with van der Waals surface area (Å²) in [7, 11) is 0. The van der Waals surface area contributed by atoms with Crippen LogP contribution in [-0.4, -0.2) is 26.0 Å². The van der Waals surface area contributed by atoms with Gasteiger partial charge < -0.3 is 5.32 Å². The lowest BCUT2D eigenvalue weighted by molar-refractivity contribution is -0.384. The van der Waals surface area contributed by atoms with Gasteiger partial charge >= 0.3 is 0 Å². The third-order valence-corrected chi connectivity index (χ3v) is 4.40. The van der Waals surface area contributed by atoms with E-state index in [0.29, 0.717) is 11.3 Å². The van der Waals surface area contributed by atoms with Gasteiger partial charge in [0.05, 0.1) is 22.4 Å². The van der Waals surface area contributed by atoms with E-state index < -0.39 is 4.92 Å². The fourth-order valence-corrected chi connectivity index (χ4v) is 3.01. The SMILES string of the molecule is Cc1cc([N+](=O)[O-])ccc1NC(=O)CSc1ncc2ccccn12. The molecule has 0 aliphatic carbocycles. The van der Waals surface area contributed by atoms with Crippen molar-refractivity contribution in [3.63, 3.8) is 0 Å². The molecule has 1 amide bonds. The van der Waals surface area contributed by atoms with Crippen molar-refractivity contribution < 1.29 is 9.72 Å². The van der Waals surface area contributed by atoms with E-state index in [1.165, 1.54) is 23.9 Å². The molecule has 0 unspecified atom stereocenters. The van der Waals surface area contributed by atoms with Crippen LogP contribution in [0, 0.1) is 17.0 Å². The number of non-ortho nitro benzene ring substituents is 1. The van der Waals surface area contributed by atoms with Crippen molar-refractivity contribution >= 4 is 34.6 Å². The highest BCUT2D eigenvalue weighted by molar-refractivity contribution is 7.99. The van der Waals surface area contributed by atoms with Crippen LogP contribution in [0.25, 0.3) is 5.52 Å². The van der Waals surface area contributed by atoms with Gasteiger partial charge in [0, 0.05) is 24.0 Å². The molecule has 0 aliphatic heterocycles. The molecule has 24 heavy (non-hydrogen) atoms. The Bertz CT molecular complexity index is 923. The molecule has 1 N–H and O–H groups in total. The Morgan fingerprint density at radius 2 is 2.21 bits per heavy atom. The number of carbonyl (C=O) groups is 1. The zero-order valence-corrected chi connectivity index (χ0v) is 13.6. The van der Waals surface area contributed by atoms with E-state index in [0.717, 1.165) is 10.7 Å². The van der Waals surface area contributed by atoms with Gasteiger partial charge in [-0.05, 0) is 30.7 Å².